The van der Waals surface area contributed by atoms with Gasteiger partial charge >= 0.3 is 6.03 Å². The zero-order valence-electron chi connectivity index (χ0n) is 13.5. The molecule has 1 heterocycles. The quantitative estimate of drug-likeness (QED) is 0.791. The fourth-order valence-corrected chi connectivity index (χ4v) is 1.76. The molecule has 1 aromatic heterocycles. The molecule has 0 bridgehead atoms. The van der Waals surface area contributed by atoms with Crippen molar-refractivity contribution in [3.63, 3.8) is 0 Å². The first-order chi connectivity index (χ1) is 10.5. The van der Waals surface area contributed by atoms with Crippen molar-refractivity contribution in [3.05, 3.63) is 23.9 Å². The molecule has 22 heavy (non-hydrogen) atoms. The first-order valence-corrected chi connectivity index (χ1v) is 7.28. The highest BCUT2D eigenvalue weighted by Crippen LogP contribution is 2.14. The van der Waals surface area contributed by atoms with Gasteiger partial charge < -0.3 is 20.3 Å². The predicted octanol–water partition coefficient (Wildman–Crippen LogP) is 1.15. The summed E-state index contributed by atoms with van der Waals surface area (Å²) in [6.07, 6.45) is 2.53. The molecule has 0 unspecified atom stereocenters. The summed E-state index contributed by atoms with van der Waals surface area (Å²) in [5.74, 6) is 0.352. The number of hydrogen-bond acceptors (Lipinski definition) is 4. The van der Waals surface area contributed by atoms with Gasteiger partial charge in [-0.25, -0.2) is 9.78 Å². The minimum Gasteiger partial charge on any atom is -0.477 e. The van der Waals surface area contributed by atoms with Gasteiger partial charge in [-0.1, -0.05) is 13.0 Å². The third-order valence-electron chi connectivity index (χ3n) is 2.89. The van der Waals surface area contributed by atoms with Crippen LogP contribution in [0, 0.1) is 0 Å². The number of likely N-dealkylation sites (N-methyl/N-ethyl adjacent to an activating group) is 1. The molecule has 0 saturated heterocycles. The zero-order chi connectivity index (χ0) is 16.5. The monoisotopic (exact) mass is 308 g/mol. The van der Waals surface area contributed by atoms with E-state index in [0.29, 0.717) is 12.5 Å². The molecular weight excluding hydrogens is 284 g/mol. The van der Waals surface area contributed by atoms with E-state index in [-0.39, 0.29) is 12.5 Å². The van der Waals surface area contributed by atoms with Crippen LogP contribution in [0.5, 0.6) is 5.88 Å². The van der Waals surface area contributed by atoms with Gasteiger partial charge in [-0.3, -0.25) is 4.79 Å². The highest BCUT2D eigenvalue weighted by Gasteiger charge is 2.17. The topological polar surface area (TPSA) is 83.6 Å². The van der Waals surface area contributed by atoms with E-state index in [2.05, 4.69) is 15.6 Å². The number of carbonyl (C=O) groups is 2. The minimum atomic E-state index is -0.584. The molecule has 0 aliphatic rings. The van der Waals surface area contributed by atoms with Crippen LogP contribution in [-0.2, 0) is 11.3 Å². The third-order valence-corrected chi connectivity index (χ3v) is 2.89. The molecule has 7 heteroatoms. The number of carbonyl (C=O) groups excluding carboxylic acids is 2. The summed E-state index contributed by atoms with van der Waals surface area (Å²) in [4.78, 5) is 29.1. The highest BCUT2D eigenvalue weighted by atomic mass is 16.5. The lowest BCUT2D eigenvalue weighted by Crippen LogP contribution is -2.47. The predicted molar refractivity (Wildman–Crippen MR) is 83.6 cm³/mol. The Labute approximate surface area is 131 Å². The Morgan fingerprint density at radius 2 is 2.14 bits per heavy atom. The molecule has 0 aromatic carbocycles. The lowest BCUT2D eigenvalue weighted by Gasteiger charge is -2.18. The largest absolute Gasteiger partial charge is 0.477 e. The summed E-state index contributed by atoms with van der Waals surface area (Å²) in [6.45, 7) is 4.51. The van der Waals surface area contributed by atoms with Gasteiger partial charge in [-0.05, 0) is 19.4 Å². The second-order valence-electron chi connectivity index (χ2n) is 5.10. The standard InChI is InChI=1S/C15H24N4O3/c1-5-9-22-13-12(7-6-8-16-13)10-17-15(21)18-11(2)14(20)19(3)4/h6-8,11H,5,9-10H2,1-4H3,(H2,17,18,21)/t11-/m0/s1. The molecule has 0 saturated carbocycles. The second-order valence-corrected chi connectivity index (χ2v) is 5.10. The Morgan fingerprint density at radius 3 is 2.77 bits per heavy atom. The van der Waals surface area contributed by atoms with Crippen LogP contribution in [0.4, 0.5) is 4.79 Å². The van der Waals surface area contributed by atoms with E-state index in [0.717, 1.165) is 12.0 Å². The minimum absolute atomic E-state index is 0.163. The summed E-state index contributed by atoms with van der Waals surface area (Å²) in [6, 6.07) is 2.63. The Morgan fingerprint density at radius 1 is 1.41 bits per heavy atom. The third kappa shape index (κ3) is 5.59. The molecule has 1 atom stereocenters. The van der Waals surface area contributed by atoms with Crippen molar-refractivity contribution in [2.45, 2.75) is 32.9 Å². The van der Waals surface area contributed by atoms with Crippen LogP contribution in [0.25, 0.3) is 0 Å². The number of pyridine rings is 1. The van der Waals surface area contributed by atoms with Crippen LogP contribution >= 0.6 is 0 Å². The smallest absolute Gasteiger partial charge is 0.315 e. The van der Waals surface area contributed by atoms with Gasteiger partial charge in [0.2, 0.25) is 11.8 Å². The second kappa shape index (κ2) is 8.86. The molecule has 1 rings (SSSR count). The first-order valence-electron chi connectivity index (χ1n) is 7.28. The molecule has 3 amide bonds. The maximum Gasteiger partial charge on any atom is 0.315 e. The summed E-state index contributed by atoms with van der Waals surface area (Å²) in [5, 5.41) is 5.29. The van der Waals surface area contributed by atoms with Crippen molar-refractivity contribution in [3.8, 4) is 5.88 Å². The van der Waals surface area contributed by atoms with Crippen LogP contribution in [0.3, 0.4) is 0 Å². The van der Waals surface area contributed by atoms with Crippen molar-refractivity contribution in [2.75, 3.05) is 20.7 Å². The maximum absolute atomic E-state index is 11.8. The summed E-state index contributed by atoms with van der Waals surface area (Å²) in [7, 11) is 3.29. The Hall–Kier alpha value is -2.31. The summed E-state index contributed by atoms with van der Waals surface area (Å²) >= 11 is 0. The van der Waals surface area contributed by atoms with Crippen molar-refractivity contribution < 1.29 is 14.3 Å². The van der Waals surface area contributed by atoms with Crippen LogP contribution in [0.1, 0.15) is 25.8 Å². The van der Waals surface area contributed by atoms with E-state index >= 15 is 0 Å². The number of amides is 3. The molecule has 122 valence electrons. The van der Waals surface area contributed by atoms with E-state index in [4.69, 9.17) is 4.74 Å². The van der Waals surface area contributed by atoms with E-state index in [1.54, 1.807) is 33.3 Å². The lowest BCUT2D eigenvalue weighted by atomic mass is 10.2. The molecule has 1 aromatic rings. The molecule has 7 nitrogen and oxygen atoms in total. The summed E-state index contributed by atoms with van der Waals surface area (Å²) in [5.41, 5.74) is 0.790. The number of urea groups is 1. The SMILES string of the molecule is CCCOc1ncccc1CNC(=O)N[C@@H](C)C(=O)N(C)C. The van der Waals surface area contributed by atoms with E-state index in [9.17, 15) is 9.59 Å². The lowest BCUT2D eigenvalue weighted by molar-refractivity contribution is -0.130. The van der Waals surface area contributed by atoms with Gasteiger partial charge in [0.25, 0.3) is 0 Å². The van der Waals surface area contributed by atoms with Gasteiger partial charge in [0.1, 0.15) is 6.04 Å². The van der Waals surface area contributed by atoms with Crippen molar-refractivity contribution in [1.82, 2.24) is 20.5 Å². The van der Waals surface area contributed by atoms with Crippen molar-refractivity contribution in [2.24, 2.45) is 0 Å². The van der Waals surface area contributed by atoms with E-state index < -0.39 is 12.1 Å². The fourth-order valence-electron chi connectivity index (χ4n) is 1.76. The molecular formula is C15H24N4O3. The number of hydrogen-bond donors (Lipinski definition) is 2. The van der Waals surface area contributed by atoms with E-state index in [1.807, 2.05) is 13.0 Å². The Kier molecular flexibility index (Phi) is 7.15. The summed E-state index contributed by atoms with van der Waals surface area (Å²) < 4.78 is 5.53. The van der Waals surface area contributed by atoms with Gasteiger partial charge in [-0.2, -0.15) is 0 Å². The van der Waals surface area contributed by atoms with Gasteiger partial charge in [0.05, 0.1) is 6.61 Å². The van der Waals surface area contributed by atoms with Gasteiger partial charge in [0, 0.05) is 32.4 Å². The number of rotatable bonds is 7. The highest BCUT2D eigenvalue weighted by molar-refractivity contribution is 5.86. The Bertz CT molecular complexity index is 505. The van der Waals surface area contributed by atoms with Crippen molar-refractivity contribution >= 4 is 11.9 Å². The fraction of sp³-hybridized carbons (Fsp3) is 0.533. The van der Waals surface area contributed by atoms with Crippen molar-refractivity contribution in [1.29, 1.82) is 0 Å². The average molecular weight is 308 g/mol. The first kappa shape index (κ1) is 17.7. The van der Waals surface area contributed by atoms with Crippen LogP contribution in [0.2, 0.25) is 0 Å². The van der Waals surface area contributed by atoms with Gasteiger partial charge in [-0.15, -0.1) is 0 Å². The average Bonchev–Trinajstić information content (AvgIpc) is 2.50. The van der Waals surface area contributed by atoms with Crippen LogP contribution in [0.15, 0.2) is 18.3 Å². The number of nitrogens with zero attached hydrogens (tertiary/aromatic N) is 2. The molecule has 0 spiro atoms. The molecule has 2 N–H and O–H groups in total. The Balaban J connectivity index is 2.52. The van der Waals surface area contributed by atoms with Gasteiger partial charge in [0.15, 0.2) is 0 Å². The maximum atomic E-state index is 11.8. The van der Waals surface area contributed by atoms with Crippen LogP contribution in [-0.4, -0.2) is 48.6 Å². The zero-order valence-corrected chi connectivity index (χ0v) is 13.5. The normalized spacial score (nSPS) is 11.5. The molecule has 0 radical (unpaired) electrons. The van der Waals surface area contributed by atoms with Crippen LogP contribution < -0.4 is 15.4 Å². The number of nitrogens with one attached hydrogen (secondary N) is 2. The van der Waals surface area contributed by atoms with E-state index in [1.165, 1.54) is 4.90 Å². The number of ether oxygens (including phenoxy) is 1. The number of aromatic nitrogens is 1. The molecule has 0 aliphatic heterocycles. The molecule has 0 aliphatic carbocycles. The molecule has 0 fully saturated rings.